The number of esters is 2. The van der Waals surface area contributed by atoms with Crippen LogP contribution in [0.1, 0.15) is 132 Å². The van der Waals surface area contributed by atoms with Gasteiger partial charge in [-0.3, -0.25) is 9.80 Å². The number of nitrogen functional groups attached to an aromatic ring is 1. The van der Waals surface area contributed by atoms with Crippen molar-refractivity contribution >= 4 is 63.2 Å². The summed E-state index contributed by atoms with van der Waals surface area (Å²) < 4.78 is 38.4. The van der Waals surface area contributed by atoms with Gasteiger partial charge in [0.25, 0.3) is 0 Å². The lowest BCUT2D eigenvalue weighted by Gasteiger charge is -2.39. The first-order chi connectivity index (χ1) is 35.0. The van der Waals surface area contributed by atoms with Gasteiger partial charge >= 0.3 is 24.1 Å². The number of nitrogens with zero attached hydrogens (tertiary/aromatic N) is 9. The highest BCUT2D eigenvalue weighted by Gasteiger charge is 2.43. The summed E-state index contributed by atoms with van der Waals surface area (Å²) in [6, 6.07) is 8.14. The van der Waals surface area contributed by atoms with E-state index in [9.17, 15) is 19.2 Å². The summed E-state index contributed by atoms with van der Waals surface area (Å²) in [6.07, 6.45) is 4.49. The fourth-order valence-electron chi connectivity index (χ4n) is 8.49. The predicted octanol–water partition coefficient (Wildman–Crippen LogP) is 10.1. The second-order valence-electron chi connectivity index (χ2n) is 26.5. The average molecular weight is 1100 g/mol. The van der Waals surface area contributed by atoms with Crippen molar-refractivity contribution < 1.29 is 47.6 Å². The Hall–Kier alpha value is -5.33. The van der Waals surface area contributed by atoms with Crippen molar-refractivity contribution in [2.45, 2.75) is 206 Å². The van der Waals surface area contributed by atoms with Crippen LogP contribution in [0.3, 0.4) is 0 Å². The van der Waals surface area contributed by atoms with Gasteiger partial charge in [-0.25, -0.2) is 29.1 Å². The van der Waals surface area contributed by atoms with Crippen molar-refractivity contribution in [3.8, 4) is 0 Å². The summed E-state index contributed by atoms with van der Waals surface area (Å²) >= 11 is 0. The Morgan fingerprint density at radius 2 is 0.961 bits per heavy atom. The highest BCUT2D eigenvalue weighted by Crippen LogP contribution is 2.35. The first-order valence-corrected chi connectivity index (χ1v) is 34.2. The van der Waals surface area contributed by atoms with Crippen molar-refractivity contribution in [2.75, 3.05) is 50.4 Å². The van der Waals surface area contributed by atoms with Crippen LogP contribution in [0.25, 0.3) is 11.3 Å². The van der Waals surface area contributed by atoms with Crippen molar-refractivity contribution in [1.29, 1.82) is 0 Å². The molecule has 2 N–H and O–H groups in total. The number of hydrogen-bond acceptors (Lipinski definition) is 16. The fourth-order valence-corrected chi connectivity index (χ4v) is 10.0. The average Bonchev–Trinajstić information content (AvgIpc) is 3.96. The van der Waals surface area contributed by atoms with Crippen LogP contribution in [0, 0.1) is 0 Å². The van der Waals surface area contributed by atoms with Crippen molar-refractivity contribution in [3.05, 3.63) is 48.0 Å². The molecule has 0 saturated carbocycles. The van der Waals surface area contributed by atoms with Crippen molar-refractivity contribution in [2.24, 2.45) is 0 Å². The number of aromatic nitrogens is 6. The monoisotopic (exact) mass is 1090 g/mol. The Labute approximate surface area is 453 Å². The Balaban J connectivity index is 0.000000306. The zero-order chi connectivity index (χ0) is 56.8. The lowest BCUT2D eigenvalue weighted by molar-refractivity contribution is -0.163. The molecule has 4 aromatic rings. The standard InChI is InChI=1S/C33H59N5O6Si2.C21H31N5O4/c1-32(2,3)43-30(39)27-14-13-25(22-37(27)31(40)44-33(4,5)6)26-21-29(38-28(35-26)15-16-34-38)36(23-41-17-19-45(7,8)9)24-42-18-20-46(10,11)12;1-20(2,3)29-18(27)15-8-7-13(12-25(15)19(28)30-21(4,5)6)14-11-16(22)26-17(24-14)9-10-23-26/h15-16,21,25,27H,13-14,17-20,22-24H2,1-12H3;9-11,13,15H,7-8,12,22H2,1-6H3/t25-,27-;13-,15-/m00/s1. The molecule has 22 heteroatoms. The number of anilines is 2. The van der Waals surface area contributed by atoms with Crippen LogP contribution < -0.4 is 10.6 Å². The molecule has 2 amide bonds. The Morgan fingerprint density at radius 3 is 1.36 bits per heavy atom. The van der Waals surface area contributed by atoms with E-state index >= 15 is 0 Å². The molecule has 20 nitrogen and oxygen atoms in total. The van der Waals surface area contributed by atoms with E-state index in [0.717, 1.165) is 29.3 Å². The van der Waals surface area contributed by atoms with Gasteiger partial charge in [-0.15, -0.1) is 0 Å². The molecule has 4 atom stereocenters. The molecule has 4 aromatic heterocycles. The van der Waals surface area contributed by atoms with Gasteiger partial charge in [0.1, 0.15) is 59.6 Å². The molecule has 0 spiro atoms. The third-order valence-corrected chi connectivity index (χ3v) is 15.6. The van der Waals surface area contributed by atoms with Gasteiger partial charge in [-0.05, 0) is 121 Å². The quantitative estimate of drug-likeness (QED) is 0.0385. The molecule has 0 bridgehead atoms. The van der Waals surface area contributed by atoms with Crippen LogP contribution in [0.5, 0.6) is 0 Å². The van der Waals surface area contributed by atoms with Gasteiger partial charge in [-0.2, -0.15) is 19.2 Å². The highest BCUT2D eigenvalue weighted by molar-refractivity contribution is 6.76. The van der Waals surface area contributed by atoms with Gasteiger partial charge in [0.05, 0.1) is 23.8 Å². The Morgan fingerprint density at radius 1 is 0.579 bits per heavy atom. The summed E-state index contributed by atoms with van der Waals surface area (Å²) in [5.41, 5.74) is 6.32. The number of piperidine rings is 2. The molecule has 2 fully saturated rings. The Kier molecular flexibility index (Phi) is 19.9. The van der Waals surface area contributed by atoms with E-state index in [1.807, 2.05) is 79.0 Å². The van der Waals surface area contributed by atoms with Gasteiger partial charge < -0.3 is 39.1 Å². The number of ether oxygens (including phenoxy) is 6. The molecule has 6 heterocycles. The molecule has 76 heavy (non-hydrogen) atoms. The first-order valence-electron chi connectivity index (χ1n) is 26.8. The van der Waals surface area contributed by atoms with E-state index in [1.165, 1.54) is 9.80 Å². The number of likely N-dealkylation sites (tertiary alicyclic amines) is 2. The maximum atomic E-state index is 13.5. The smallest absolute Gasteiger partial charge is 0.411 e. The highest BCUT2D eigenvalue weighted by atomic mass is 28.3. The summed E-state index contributed by atoms with van der Waals surface area (Å²) in [5, 5.41) is 8.72. The molecule has 2 saturated heterocycles. The van der Waals surface area contributed by atoms with Gasteiger partial charge in [0, 0.05) is 78.6 Å². The normalized spacial score (nSPS) is 19.0. The fraction of sp³-hybridized carbons (Fsp3) is 0.704. The van der Waals surface area contributed by atoms with E-state index in [0.29, 0.717) is 69.5 Å². The zero-order valence-corrected chi connectivity index (χ0v) is 50.9. The molecule has 6 rings (SSSR count). The number of rotatable bonds is 15. The van der Waals surface area contributed by atoms with Crippen LogP contribution in [-0.4, -0.2) is 154 Å². The predicted molar refractivity (Wildman–Crippen MR) is 300 cm³/mol. The minimum absolute atomic E-state index is 0.0848. The SMILES string of the molecule is CC(C)(C)OC(=O)[C@@H]1CC[C@H](c2cc(N(COCC[Si](C)(C)C)COCC[Si](C)(C)C)n3nccc3n2)CN1C(=O)OC(C)(C)C.CC(C)(C)OC(=O)[C@@H]1CC[C@H](c2cc(N)n3nccc3n2)CN1C(=O)OC(C)(C)C. The summed E-state index contributed by atoms with van der Waals surface area (Å²) in [6.45, 7) is 38.4. The molecule has 0 aliphatic carbocycles. The Bertz CT molecular complexity index is 2580. The molecule has 0 aromatic carbocycles. The van der Waals surface area contributed by atoms with E-state index < -0.39 is 74.8 Å². The van der Waals surface area contributed by atoms with Crippen molar-refractivity contribution in [1.82, 2.24) is 39.0 Å². The molecule has 0 radical (unpaired) electrons. The maximum Gasteiger partial charge on any atom is 0.411 e. The summed E-state index contributed by atoms with van der Waals surface area (Å²) in [5.74, 6) is 0.215. The number of nitrogens with two attached hydrogens (primary N) is 1. The van der Waals surface area contributed by atoms with E-state index in [4.69, 9.17) is 39.1 Å². The molecular weight excluding hydrogens is 1000 g/mol. The van der Waals surface area contributed by atoms with Gasteiger partial charge in [0.15, 0.2) is 11.3 Å². The lowest BCUT2D eigenvalue weighted by Crippen LogP contribution is -2.53. The number of hydrogen-bond donors (Lipinski definition) is 1. The van der Waals surface area contributed by atoms with Crippen molar-refractivity contribution in [3.63, 3.8) is 0 Å². The number of carbonyl (C=O) groups excluding carboxylic acids is 4. The van der Waals surface area contributed by atoms with E-state index in [-0.39, 0.29) is 24.9 Å². The van der Waals surface area contributed by atoms with Crippen LogP contribution in [0.15, 0.2) is 36.7 Å². The van der Waals surface area contributed by atoms with Crippen LogP contribution in [0.4, 0.5) is 21.2 Å². The van der Waals surface area contributed by atoms with E-state index in [2.05, 4.69) is 59.4 Å². The summed E-state index contributed by atoms with van der Waals surface area (Å²) in [7, 11) is -2.51. The van der Waals surface area contributed by atoms with Crippen LogP contribution in [0.2, 0.25) is 51.4 Å². The van der Waals surface area contributed by atoms with Crippen LogP contribution >= 0.6 is 0 Å². The second-order valence-corrected chi connectivity index (χ2v) is 37.7. The van der Waals surface area contributed by atoms with Gasteiger partial charge in [-0.1, -0.05) is 39.3 Å². The first kappa shape index (κ1) is 61.5. The number of amides is 2. The van der Waals surface area contributed by atoms with E-state index in [1.54, 1.807) is 49.8 Å². The number of carbonyl (C=O) groups is 4. The molecule has 424 valence electrons. The largest absolute Gasteiger partial charge is 0.458 e. The second kappa shape index (κ2) is 24.6. The van der Waals surface area contributed by atoms with Gasteiger partial charge in [0.2, 0.25) is 0 Å². The zero-order valence-electron chi connectivity index (χ0n) is 48.9. The third-order valence-electron chi connectivity index (χ3n) is 12.2. The number of fused-ring (bicyclic) bond motifs is 2. The minimum atomic E-state index is -1.26. The lowest BCUT2D eigenvalue weighted by atomic mass is 9.90. The molecule has 2 aliphatic heterocycles. The minimum Gasteiger partial charge on any atom is -0.458 e. The molecule has 0 unspecified atom stereocenters. The molecular formula is C54H90N10O10Si2. The maximum absolute atomic E-state index is 13.5. The molecule has 2 aliphatic rings. The summed E-state index contributed by atoms with van der Waals surface area (Å²) in [4.78, 5) is 67.2. The topological polar surface area (TPSA) is 220 Å². The van der Waals surface area contributed by atoms with Crippen LogP contribution in [-0.2, 0) is 38.0 Å². The third kappa shape index (κ3) is 19.0.